The van der Waals surface area contributed by atoms with Gasteiger partial charge in [0.15, 0.2) is 0 Å². The number of fused-ring (bicyclic) bond motifs is 1. The summed E-state index contributed by atoms with van der Waals surface area (Å²) >= 11 is 0. The topological polar surface area (TPSA) is 15.3 Å². The van der Waals surface area contributed by atoms with Crippen molar-refractivity contribution in [3.63, 3.8) is 0 Å². The van der Waals surface area contributed by atoms with Crippen LogP contribution in [0.3, 0.4) is 0 Å². The lowest BCUT2D eigenvalue weighted by Gasteiger charge is -2.28. The fraction of sp³-hybridized carbons (Fsp3) is 0.368. The lowest BCUT2D eigenvalue weighted by atomic mass is 9.92. The average Bonchev–Trinajstić information content (AvgIpc) is 2.54. The van der Waals surface area contributed by atoms with E-state index >= 15 is 0 Å². The van der Waals surface area contributed by atoms with Crippen molar-refractivity contribution in [3.05, 3.63) is 71.3 Å². The van der Waals surface area contributed by atoms with E-state index in [0.29, 0.717) is 6.04 Å². The number of hydrogen-bond donors (Lipinski definition) is 1. The minimum atomic E-state index is 0.508. The SMILES string of the molecule is CN(CCC1NCCc2ccccc21)Cc1ccccc1. The van der Waals surface area contributed by atoms with Crippen molar-refractivity contribution in [1.29, 1.82) is 0 Å². The van der Waals surface area contributed by atoms with Gasteiger partial charge < -0.3 is 10.2 Å². The van der Waals surface area contributed by atoms with Gasteiger partial charge in [0.25, 0.3) is 0 Å². The molecule has 3 rings (SSSR count). The Morgan fingerprint density at radius 3 is 2.67 bits per heavy atom. The van der Waals surface area contributed by atoms with Gasteiger partial charge in [-0.25, -0.2) is 0 Å². The van der Waals surface area contributed by atoms with Crippen molar-refractivity contribution < 1.29 is 0 Å². The maximum Gasteiger partial charge on any atom is 0.0335 e. The zero-order valence-electron chi connectivity index (χ0n) is 12.8. The van der Waals surface area contributed by atoms with Crippen LogP contribution in [0.15, 0.2) is 54.6 Å². The summed E-state index contributed by atoms with van der Waals surface area (Å²) in [5.41, 5.74) is 4.40. The van der Waals surface area contributed by atoms with Crippen LogP contribution in [-0.2, 0) is 13.0 Å². The van der Waals surface area contributed by atoms with Gasteiger partial charge in [0, 0.05) is 12.6 Å². The highest BCUT2D eigenvalue weighted by molar-refractivity contribution is 5.32. The highest BCUT2D eigenvalue weighted by Gasteiger charge is 2.19. The normalized spacial score (nSPS) is 17.7. The lowest BCUT2D eigenvalue weighted by molar-refractivity contribution is 0.297. The van der Waals surface area contributed by atoms with Gasteiger partial charge in [-0.05, 0) is 49.7 Å². The molecule has 1 aliphatic heterocycles. The number of rotatable bonds is 5. The zero-order chi connectivity index (χ0) is 14.5. The van der Waals surface area contributed by atoms with Gasteiger partial charge in [-0.15, -0.1) is 0 Å². The molecule has 0 saturated heterocycles. The molecule has 0 spiro atoms. The second kappa shape index (κ2) is 6.88. The van der Waals surface area contributed by atoms with E-state index < -0.39 is 0 Å². The third-order valence-electron chi connectivity index (χ3n) is 4.31. The molecule has 0 saturated carbocycles. The molecule has 0 aromatic heterocycles. The summed E-state index contributed by atoms with van der Waals surface area (Å²) in [6.45, 7) is 3.24. The standard InChI is InChI=1S/C19H24N2/c1-21(15-16-7-3-2-4-8-16)14-12-19-18-10-6-5-9-17(18)11-13-20-19/h2-10,19-20H,11-15H2,1H3. The number of nitrogens with zero attached hydrogens (tertiary/aromatic N) is 1. The summed E-state index contributed by atoms with van der Waals surface area (Å²) in [5.74, 6) is 0. The van der Waals surface area contributed by atoms with Crippen LogP contribution in [0.1, 0.15) is 29.2 Å². The van der Waals surface area contributed by atoms with E-state index in [1.807, 2.05) is 0 Å². The maximum absolute atomic E-state index is 3.67. The quantitative estimate of drug-likeness (QED) is 0.903. The van der Waals surface area contributed by atoms with Gasteiger partial charge in [0.05, 0.1) is 0 Å². The fourth-order valence-electron chi connectivity index (χ4n) is 3.17. The van der Waals surface area contributed by atoms with Crippen LogP contribution in [0.5, 0.6) is 0 Å². The number of hydrogen-bond acceptors (Lipinski definition) is 2. The molecule has 0 fully saturated rings. The molecule has 0 aliphatic carbocycles. The summed E-state index contributed by atoms with van der Waals surface area (Å²) in [6.07, 6.45) is 2.33. The Morgan fingerprint density at radius 1 is 1.05 bits per heavy atom. The van der Waals surface area contributed by atoms with E-state index in [-0.39, 0.29) is 0 Å². The molecule has 2 heteroatoms. The predicted octanol–water partition coefficient (Wildman–Crippen LogP) is 3.40. The first-order valence-electron chi connectivity index (χ1n) is 7.86. The zero-order valence-corrected chi connectivity index (χ0v) is 12.8. The summed E-state index contributed by atoms with van der Waals surface area (Å²) in [7, 11) is 2.21. The van der Waals surface area contributed by atoms with Crippen molar-refractivity contribution in [2.75, 3.05) is 20.1 Å². The van der Waals surface area contributed by atoms with Crippen LogP contribution in [0.25, 0.3) is 0 Å². The van der Waals surface area contributed by atoms with E-state index in [2.05, 4.69) is 71.9 Å². The fourth-order valence-corrected chi connectivity index (χ4v) is 3.17. The van der Waals surface area contributed by atoms with Crippen molar-refractivity contribution in [1.82, 2.24) is 10.2 Å². The minimum Gasteiger partial charge on any atom is -0.310 e. The molecule has 1 heterocycles. The lowest BCUT2D eigenvalue weighted by Crippen LogP contribution is -2.32. The van der Waals surface area contributed by atoms with Crippen molar-refractivity contribution in [3.8, 4) is 0 Å². The van der Waals surface area contributed by atoms with Crippen molar-refractivity contribution in [2.24, 2.45) is 0 Å². The molecule has 1 unspecified atom stereocenters. The molecule has 2 nitrogen and oxygen atoms in total. The van der Waals surface area contributed by atoms with Crippen LogP contribution in [-0.4, -0.2) is 25.0 Å². The third-order valence-corrected chi connectivity index (χ3v) is 4.31. The summed E-state index contributed by atoms with van der Waals surface area (Å²) < 4.78 is 0. The monoisotopic (exact) mass is 280 g/mol. The average molecular weight is 280 g/mol. The van der Waals surface area contributed by atoms with Gasteiger partial charge in [0.2, 0.25) is 0 Å². The molecular weight excluding hydrogens is 256 g/mol. The highest BCUT2D eigenvalue weighted by Crippen LogP contribution is 2.25. The molecule has 1 N–H and O–H groups in total. The largest absolute Gasteiger partial charge is 0.310 e. The van der Waals surface area contributed by atoms with E-state index in [1.165, 1.54) is 23.1 Å². The Hall–Kier alpha value is -1.64. The second-order valence-corrected chi connectivity index (χ2v) is 5.97. The first-order chi connectivity index (χ1) is 10.3. The first-order valence-corrected chi connectivity index (χ1v) is 7.86. The molecule has 2 aromatic carbocycles. The van der Waals surface area contributed by atoms with Gasteiger partial charge in [-0.2, -0.15) is 0 Å². The third kappa shape index (κ3) is 3.72. The van der Waals surface area contributed by atoms with E-state index in [0.717, 1.165) is 26.1 Å². The molecule has 110 valence electrons. The van der Waals surface area contributed by atoms with Crippen LogP contribution >= 0.6 is 0 Å². The van der Waals surface area contributed by atoms with Crippen molar-refractivity contribution >= 4 is 0 Å². The van der Waals surface area contributed by atoms with Crippen LogP contribution in [0.4, 0.5) is 0 Å². The molecule has 1 atom stereocenters. The molecule has 2 aromatic rings. The van der Waals surface area contributed by atoms with Crippen LogP contribution in [0, 0.1) is 0 Å². The molecule has 0 bridgehead atoms. The molecule has 0 radical (unpaired) electrons. The first kappa shape index (κ1) is 14.3. The van der Waals surface area contributed by atoms with Crippen LogP contribution < -0.4 is 5.32 Å². The molecule has 0 amide bonds. The minimum absolute atomic E-state index is 0.508. The van der Waals surface area contributed by atoms with E-state index in [9.17, 15) is 0 Å². The van der Waals surface area contributed by atoms with Gasteiger partial charge in [0.1, 0.15) is 0 Å². The Labute approximate surface area is 127 Å². The van der Waals surface area contributed by atoms with Gasteiger partial charge in [-0.1, -0.05) is 54.6 Å². The maximum atomic E-state index is 3.67. The van der Waals surface area contributed by atoms with Crippen LogP contribution in [0.2, 0.25) is 0 Å². The van der Waals surface area contributed by atoms with Gasteiger partial charge in [-0.3, -0.25) is 0 Å². The Bertz CT molecular complexity index is 565. The Kier molecular flexibility index (Phi) is 4.69. The Morgan fingerprint density at radius 2 is 1.81 bits per heavy atom. The highest BCUT2D eigenvalue weighted by atomic mass is 15.1. The predicted molar refractivity (Wildman–Crippen MR) is 88.3 cm³/mol. The van der Waals surface area contributed by atoms with Crippen molar-refractivity contribution in [2.45, 2.75) is 25.4 Å². The number of nitrogens with one attached hydrogen (secondary N) is 1. The molecule has 1 aliphatic rings. The number of benzene rings is 2. The van der Waals surface area contributed by atoms with Gasteiger partial charge >= 0.3 is 0 Å². The molecular formula is C19H24N2. The summed E-state index contributed by atoms with van der Waals surface area (Å²) in [6, 6.07) is 20.1. The summed E-state index contributed by atoms with van der Waals surface area (Å²) in [4.78, 5) is 2.41. The molecule has 21 heavy (non-hydrogen) atoms. The smallest absolute Gasteiger partial charge is 0.0335 e. The summed E-state index contributed by atoms with van der Waals surface area (Å²) in [5, 5.41) is 3.67. The second-order valence-electron chi connectivity index (χ2n) is 5.97. The van der Waals surface area contributed by atoms with E-state index in [4.69, 9.17) is 0 Å². The van der Waals surface area contributed by atoms with E-state index in [1.54, 1.807) is 0 Å². The Balaban J connectivity index is 1.56.